The Morgan fingerprint density at radius 2 is 2.28 bits per heavy atom. The molecular formula is C16H22FN3O4S. The van der Waals surface area contributed by atoms with E-state index < -0.39 is 9.84 Å². The molecule has 1 aromatic rings. The minimum atomic E-state index is -2.94. The van der Waals surface area contributed by atoms with E-state index >= 15 is 0 Å². The lowest BCUT2D eigenvalue weighted by atomic mass is 10.1. The standard InChI is InChI=1S/C16H22FN3O4S/c1-18-16(20-14-3-5-25(21,22)9-14)19-4-2-11-6-13(17)7-12-8-23-10-24-15(11)12/h6-7,14H,2-5,8-10H2,1H3,(H2,18,19,20). The molecule has 138 valence electrons. The van der Waals surface area contributed by atoms with Gasteiger partial charge in [-0.15, -0.1) is 0 Å². The van der Waals surface area contributed by atoms with Gasteiger partial charge in [0.25, 0.3) is 0 Å². The third kappa shape index (κ3) is 4.60. The second-order valence-corrected chi connectivity index (χ2v) is 8.39. The summed E-state index contributed by atoms with van der Waals surface area (Å²) in [4.78, 5) is 4.11. The fourth-order valence-electron chi connectivity index (χ4n) is 3.05. The van der Waals surface area contributed by atoms with Gasteiger partial charge in [-0.3, -0.25) is 4.99 Å². The molecule has 0 amide bonds. The molecule has 2 aliphatic rings. The number of aliphatic imine (C=N–C) groups is 1. The van der Waals surface area contributed by atoms with Gasteiger partial charge < -0.3 is 20.1 Å². The van der Waals surface area contributed by atoms with Gasteiger partial charge in [0.1, 0.15) is 11.6 Å². The molecule has 1 aromatic carbocycles. The first kappa shape index (κ1) is 17.9. The summed E-state index contributed by atoms with van der Waals surface area (Å²) in [6, 6.07) is 2.76. The average molecular weight is 371 g/mol. The van der Waals surface area contributed by atoms with Crippen LogP contribution < -0.4 is 15.4 Å². The summed E-state index contributed by atoms with van der Waals surface area (Å²) in [6.45, 7) is 1.02. The Hall–Kier alpha value is -1.87. The Morgan fingerprint density at radius 1 is 1.44 bits per heavy atom. The zero-order valence-electron chi connectivity index (χ0n) is 14.0. The first-order valence-electron chi connectivity index (χ1n) is 8.16. The van der Waals surface area contributed by atoms with Crippen LogP contribution in [0.1, 0.15) is 17.5 Å². The fraction of sp³-hybridized carbons (Fsp3) is 0.562. The minimum absolute atomic E-state index is 0.124. The summed E-state index contributed by atoms with van der Waals surface area (Å²) in [5, 5.41) is 6.25. The van der Waals surface area contributed by atoms with Gasteiger partial charge in [0.2, 0.25) is 0 Å². The molecule has 0 bridgehead atoms. The van der Waals surface area contributed by atoms with Crippen LogP contribution in [0.2, 0.25) is 0 Å². The molecule has 25 heavy (non-hydrogen) atoms. The van der Waals surface area contributed by atoms with Crippen LogP contribution in [0.5, 0.6) is 5.75 Å². The topological polar surface area (TPSA) is 89.0 Å². The average Bonchev–Trinajstić information content (AvgIpc) is 2.92. The van der Waals surface area contributed by atoms with Gasteiger partial charge in [0, 0.05) is 25.2 Å². The quantitative estimate of drug-likeness (QED) is 0.595. The molecule has 2 N–H and O–H groups in total. The number of benzene rings is 1. The highest BCUT2D eigenvalue weighted by Crippen LogP contribution is 2.29. The van der Waals surface area contributed by atoms with Gasteiger partial charge in [-0.2, -0.15) is 0 Å². The summed E-state index contributed by atoms with van der Waals surface area (Å²) in [5.74, 6) is 1.23. The zero-order valence-corrected chi connectivity index (χ0v) is 14.9. The highest BCUT2D eigenvalue weighted by molar-refractivity contribution is 7.91. The number of guanidine groups is 1. The first-order valence-corrected chi connectivity index (χ1v) is 9.98. The van der Waals surface area contributed by atoms with E-state index in [1.165, 1.54) is 12.1 Å². The molecule has 7 nitrogen and oxygen atoms in total. The van der Waals surface area contributed by atoms with Gasteiger partial charge in [-0.05, 0) is 30.5 Å². The van der Waals surface area contributed by atoms with E-state index in [1.807, 2.05) is 0 Å². The van der Waals surface area contributed by atoms with E-state index in [-0.39, 0.29) is 30.2 Å². The van der Waals surface area contributed by atoms with Crippen molar-refractivity contribution in [1.82, 2.24) is 10.6 Å². The van der Waals surface area contributed by atoms with Crippen molar-refractivity contribution in [2.24, 2.45) is 4.99 Å². The molecule has 3 rings (SSSR count). The van der Waals surface area contributed by atoms with Gasteiger partial charge in [0.05, 0.1) is 18.1 Å². The summed E-state index contributed by atoms with van der Waals surface area (Å²) < 4.78 is 47.4. The third-order valence-electron chi connectivity index (χ3n) is 4.24. The Morgan fingerprint density at radius 3 is 3.00 bits per heavy atom. The highest BCUT2D eigenvalue weighted by Gasteiger charge is 2.28. The number of rotatable bonds is 4. The molecule has 0 aromatic heterocycles. The molecular weight excluding hydrogens is 349 g/mol. The second kappa shape index (κ2) is 7.57. The maximum Gasteiger partial charge on any atom is 0.191 e. The van der Waals surface area contributed by atoms with E-state index in [2.05, 4.69) is 15.6 Å². The van der Waals surface area contributed by atoms with Crippen molar-refractivity contribution in [3.05, 3.63) is 29.1 Å². The van der Waals surface area contributed by atoms with Crippen LogP contribution in [0.15, 0.2) is 17.1 Å². The van der Waals surface area contributed by atoms with Crippen molar-refractivity contribution in [1.29, 1.82) is 0 Å². The number of halogens is 1. The van der Waals surface area contributed by atoms with Crippen molar-refractivity contribution >= 4 is 15.8 Å². The molecule has 1 atom stereocenters. The van der Waals surface area contributed by atoms with Gasteiger partial charge in [-0.1, -0.05) is 0 Å². The van der Waals surface area contributed by atoms with Crippen LogP contribution in [-0.4, -0.2) is 52.3 Å². The molecule has 2 aliphatic heterocycles. The molecule has 1 saturated heterocycles. The van der Waals surface area contributed by atoms with Crippen molar-refractivity contribution in [3.63, 3.8) is 0 Å². The molecule has 2 heterocycles. The predicted octanol–water partition coefficient (Wildman–Crippen LogP) is 0.587. The van der Waals surface area contributed by atoms with Crippen LogP contribution >= 0.6 is 0 Å². The number of nitrogens with one attached hydrogen (secondary N) is 2. The Bertz CT molecular complexity index is 767. The second-order valence-electron chi connectivity index (χ2n) is 6.16. The van der Waals surface area contributed by atoms with E-state index in [1.54, 1.807) is 7.05 Å². The largest absolute Gasteiger partial charge is 0.467 e. The van der Waals surface area contributed by atoms with Crippen LogP contribution in [0.4, 0.5) is 4.39 Å². The SMILES string of the molecule is CN=C(NCCc1cc(F)cc2c1OCOC2)NC1CCS(=O)(=O)C1. The normalized spacial score (nSPS) is 22.2. The predicted molar refractivity (Wildman–Crippen MR) is 91.9 cm³/mol. The van der Waals surface area contributed by atoms with E-state index in [9.17, 15) is 12.8 Å². The Labute approximate surface area is 146 Å². The highest BCUT2D eigenvalue weighted by atomic mass is 32.2. The summed E-state index contributed by atoms with van der Waals surface area (Å²) in [7, 11) is -1.31. The first-order chi connectivity index (χ1) is 12.0. The maximum absolute atomic E-state index is 13.7. The van der Waals surface area contributed by atoms with Crippen LogP contribution in [-0.2, 0) is 27.6 Å². The van der Waals surface area contributed by atoms with Crippen molar-refractivity contribution in [2.45, 2.75) is 25.5 Å². The van der Waals surface area contributed by atoms with Crippen molar-refractivity contribution < 1.29 is 22.3 Å². The van der Waals surface area contributed by atoms with Crippen LogP contribution in [0, 0.1) is 5.82 Å². The summed E-state index contributed by atoms with van der Waals surface area (Å²) in [6.07, 6.45) is 1.12. The van der Waals surface area contributed by atoms with Crippen molar-refractivity contribution in [2.75, 3.05) is 31.9 Å². The number of fused-ring (bicyclic) bond motifs is 1. The number of hydrogen-bond donors (Lipinski definition) is 2. The molecule has 1 unspecified atom stereocenters. The lowest BCUT2D eigenvalue weighted by molar-refractivity contribution is -0.0172. The summed E-state index contributed by atoms with van der Waals surface area (Å²) >= 11 is 0. The number of nitrogens with zero attached hydrogens (tertiary/aromatic N) is 1. The number of ether oxygens (including phenoxy) is 2. The Balaban J connectivity index is 1.56. The molecule has 9 heteroatoms. The molecule has 0 saturated carbocycles. The van der Waals surface area contributed by atoms with Crippen LogP contribution in [0.3, 0.4) is 0 Å². The smallest absolute Gasteiger partial charge is 0.191 e. The lowest BCUT2D eigenvalue weighted by Crippen LogP contribution is -2.44. The van der Waals surface area contributed by atoms with Gasteiger partial charge in [0.15, 0.2) is 22.6 Å². The van der Waals surface area contributed by atoms with Gasteiger partial charge >= 0.3 is 0 Å². The maximum atomic E-state index is 13.7. The molecule has 0 spiro atoms. The Kier molecular flexibility index (Phi) is 5.43. The van der Waals surface area contributed by atoms with Crippen LogP contribution in [0.25, 0.3) is 0 Å². The zero-order chi connectivity index (χ0) is 17.9. The number of sulfone groups is 1. The van der Waals surface area contributed by atoms with Crippen molar-refractivity contribution in [3.8, 4) is 5.75 Å². The fourth-order valence-corrected chi connectivity index (χ4v) is 4.73. The van der Waals surface area contributed by atoms with E-state index in [0.29, 0.717) is 43.3 Å². The molecule has 0 aliphatic carbocycles. The lowest BCUT2D eigenvalue weighted by Gasteiger charge is -2.21. The third-order valence-corrected chi connectivity index (χ3v) is 6.00. The van der Waals surface area contributed by atoms with Gasteiger partial charge in [-0.25, -0.2) is 12.8 Å². The molecule has 0 radical (unpaired) electrons. The number of hydrogen-bond acceptors (Lipinski definition) is 5. The summed E-state index contributed by atoms with van der Waals surface area (Å²) in [5.41, 5.74) is 1.48. The monoisotopic (exact) mass is 371 g/mol. The minimum Gasteiger partial charge on any atom is -0.467 e. The molecule has 1 fully saturated rings. The van der Waals surface area contributed by atoms with E-state index in [0.717, 1.165) is 5.56 Å². The van der Waals surface area contributed by atoms with E-state index in [4.69, 9.17) is 9.47 Å².